The summed E-state index contributed by atoms with van der Waals surface area (Å²) >= 11 is 7.62. The Bertz CT molecular complexity index is 1640. The van der Waals surface area contributed by atoms with Gasteiger partial charge in [0.2, 0.25) is 0 Å². The molecule has 1 saturated heterocycles. The largest absolute Gasteiger partial charge is 0.393 e. The number of rotatable bonds is 10. The minimum absolute atomic E-state index is 0.0280. The second kappa shape index (κ2) is 14.1. The molecule has 2 aromatic carbocycles. The molecule has 11 heteroatoms. The molecule has 0 spiro atoms. The molecule has 0 unspecified atom stereocenters. The first-order chi connectivity index (χ1) is 20.7. The zero-order valence-corrected chi connectivity index (χ0v) is 25.8. The molecule has 228 valence electrons. The Morgan fingerprint density at radius 2 is 2.02 bits per heavy atom. The monoisotopic (exact) mass is 624 g/mol. The van der Waals surface area contributed by atoms with Crippen molar-refractivity contribution in [3.05, 3.63) is 81.1 Å². The Labute approximate surface area is 259 Å². The number of hydrogen-bond donors (Lipinski definition) is 5. The van der Waals surface area contributed by atoms with Crippen LogP contribution in [0.2, 0.25) is 5.02 Å². The van der Waals surface area contributed by atoms with Gasteiger partial charge in [-0.25, -0.2) is 9.18 Å². The predicted molar refractivity (Wildman–Crippen MR) is 174 cm³/mol. The van der Waals surface area contributed by atoms with Gasteiger partial charge in [0.05, 0.1) is 22.5 Å². The van der Waals surface area contributed by atoms with Crippen molar-refractivity contribution in [2.75, 3.05) is 5.75 Å². The predicted octanol–water partition coefficient (Wildman–Crippen LogP) is 6.47. The summed E-state index contributed by atoms with van der Waals surface area (Å²) in [5.41, 5.74) is 8.98. The molecule has 1 aliphatic rings. The van der Waals surface area contributed by atoms with Crippen LogP contribution in [0.15, 0.2) is 53.5 Å². The van der Waals surface area contributed by atoms with Crippen LogP contribution < -0.4 is 16.7 Å². The lowest BCUT2D eigenvalue weighted by atomic mass is 10.0. The van der Waals surface area contributed by atoms with Gasteiger partial charge in [-0.1, -0.05) is 48.3 Å². The van der Waals surface area contributed by atoms with E-state index >= 15 is 4.39 Å². The van der Waals surface area contributed by atoms with Gasteiger partial charge < -0.3 is 21.1 Å². The van der Waals surface area contributed by atoms with Crippen molar-refractivity contribution in [3.63, 3.8) is 0 Å². The topological polar surface area (TPSA) is 133 Å². The smallest absolute Gasteiger partial charge is 0.354 e. The second-order valence-corrected chi connectivity index (χ2v) is 12.9. The van der Waals surface area contributed by atoms with Crippen LogP contribution in [0.3, 0.4) is 0 Å². The molecule has 4 aromatic rings. The SMILES string of the molecule is C[C@H](O)CCCc1cc(Cl)c(F)c(-c2cc3cn(-c4ccc([C@@H]5CCCC[C@@H](CCSC(=N)N)N5)cc4)c(=O)nc3[nH]2)c1. The maximum atomic E-state index is 15.1. The first kappa shape index (κ1) is 31.3. The Morgan fingerprint density at radius 1 is 1.26 bits per heavy atom. The fourth-order valence-corrected chi connectivity index (χ4v) is 6.64. The highest BCUT2D eigenvalue weighted by Gasteiger charge is 2.21. The van der Waals surface area contributed by atoms with Crippen molar-refractivity contribution < 1.29 is 9.50 Å². The number of aliphatic hydroxyl groups excluding tert-OH is 1. The molecule has 43 heavy (non-hydrogen) atoms. The van der Waals surface area contributed by atoms with Crippen molar-refractivity contribution in [3.8, 4) is 16.9 Å². The maximum Gasteiger partial charge on any atom is 0.354 e. The minimum Gasteiger partial charge on any atom is -0.393 e. The molecule has 0 aliphatic carbocycles. The second-order valence-electron chi connectivity index (χ2n) is 11.4. The number of thioether (sulfide) groups is 1. The van der Waals surface area contributed by atoms with Gasteiger partial charge in [-0.2, -0.15) is 4.98 Å². The standard InChI is InChI=1S/C32H38ClFN6O2S/c1-19(41)5-4-6-20-15-25(29(34)26(33)16-20)28-17-22-18-40(32(42)39-30(22)38-28)24-11-9-21(10-12-24)27-8-3-2-7-23(37-27)13-14-43-31(35)36/h9-12,15-19,23,27,37,41H,2-8,13-14H2,1H3,(H3,35,36)(H,38,39,42)/t19-,23-,27-/m0/s1. The first-order valence-electron chi connectivity index (χ1n) is 14.8. The minimum atomic E-state index is -0.537. The van der Waals surface area contributed by atoms with Crippen molar-refractivity contribution in [1.82, 2.24) is 19.9 Å². The summed E-state index contributed by atoms with van der Waals surface area (Å²) in [5.74, 6) is 0.290. The van der Waals surface area contributed by atoms with Crippen LogP contribution in [0.5, 0.6) is 0 Å². The number of aliphatic hydroxyl groups is 1. The van der Waals surface area contributed by atoms with E-state index in [1.54, 1.807) is 31.3 Å². The molecule has 1 aliphatic heterocycles. The number of H-pyrrole nitrogens is 1. The van der Waals surface area contributed by atoms with E-state index in [0.29, 0.717) is 46.9 Å². The summed E-state index contributed by atoms with van der Waals surface area (Å²) in [7, 11) is 0. The summed E-state index contributed by atoms with van der Waals surface area (Å²) in [6, 6.07) is 13.7. The number of fused-ring (bicyclic) bond motifs is 1. The highest BCUT2D eigenvalue weighted by Crippen LogP contribution is 2.32. The van der Waals surface area contributed by atoms with Gasteiger partial charge in [0.25, 0.3) is 0 Å². The van der Waals surface area contributed by atoms with E-state index in [-0.39, 0.29) is 16.2 Å². The molecule has 0 amide bonds. The van der Waals surface area contributed by atoms with Crippen LogP contribution in [0.25, 0.3) is 28.0 Å². The molecular formula is C32H38ClFN6O2S. The Balaban J connectivity index is 1.36. The van der Waals surface area contributed by atoms with Crippen LogP contribution in [0.1, 0.15) is 69.0 Å². The molecular weight excluding hydrogens is 587 g/mol. The molecule has 6 N–H and O–H groups in total. The van der Waals surface area contributed by atoms with Gasteiger partial charge in [0, 0.05) is 35.0 Å². The number of aryl methyl sites for hydroxylation is 1. The average Bonchev–Trinajstić information content (AvgIpc) is 3.22. The average molecular weight is 625 g/mol. The molecule has 2 aromatic heterocycles. The lowest BCUT2D eigenvalue weighted by Crippen LogP contribution is -2.32. The molecule has 0 bridgehead atoms. The zero-order chi connectivity index (χ0) is 30.5. The van der Waals surface area contributed by atoms with E-state index in [0.717, 1.165) is 43.4 Å². The molecule has 1 fully saturated rings. The molecule has 3 heterocycles. The number of aromatic amines is 1. The van der Waals surface area contributed by atoms with Crippen molar-refractivity contribution in [1.29, 1.82) is 5.41 Å². The summed E-state index contributed by atoms with van der Waals surface area (Å²) in [4.78, 5) is 20.4. The van der Waals surface area contributed by atoms with E-state index < -0.39 is 17.6 Å². The number of aromatic nitrogens is 3. The van der Waals surface area contributed by atoms with Crippen LogP contribution >= 0.6 is 23.4 Å². The molecule has 5 rings (SSSR count). The van der Waals surface area contributed by atoms with Gasteiger partial charge in [0.15, 0.2) is 11.0 Å². The quantitative estimate of drug-likeness (QED) is 0.101. The Morgan fingerprint density at radius 3 is 2.77 bits per heavy atom. The summed E-state index contributed by atoms with van der Waals surface area (Å²) in [6.07, 6.45) is 8.80. The fourth-order valence-electron chi connectivity index (χ4n) is 5.77. The summed E-state index contributed by atoms with van der Waals surface area (Å²) in [5, 5.41) is 21.6. The van der Waals surface area contributed by atoms with Crippen LogP contribution in [0.4, 0.5) is 4.39 Å². The molecule has 0 saturated carbocycles. The van der Waals surface area contributed by atoms with Crippen molar-refractivity contribution in [2.45, 2.75) is 76.5 Å². The van der Waals surface area contributed by atoms with Crippen LogP contribution in [0, 0.1) is 11.2 Å². The van der Waals surface area contributed by atoms with Gasteiger partial charge in [0.1, 0.15) is 5.65 Å². The number of hydrogen-bond acceptors (Lipinski definition) is 6. The van der Waals surface area contributed by atoms with Crippen LogP contribution in [-0.2, 0) is 6.42 Å². The third kappa shape index (κ3) is 7.86. The number of nitrogens with zero attached hydrogens (tertiary/aromatic N) is 2. The molecule has 8 nitrogen and oxygen atoms in total. The fraction of sp³-hybridized carbons (Fsp3) is 0.406. The summed E-state index contributed by atoms with van der Waals surface area (Å²) < 4.78 is 16.6. The third-order valence-electron chi connectivity index (χ3n) is 8.00. The van der Waals surface area contributed by atoms with E-state index in [9.17, 15) is 9.90 Å². The molecule has 0 radical (unpaired) electrons. The van der Waals surface area contributed by atoms with Gasteiger partial charge in [-0.3, -0.25) is 9.98 Å². The van der Waals surface area contributed by atoms with Gasteiger partial charge in [-0.15, -0.1) is 0 Å². The summed E-state index contributed by atoms with van der Waals surface area (Å²) in [6.45, 7) is 1.75. The number of nitrogens with two attached hydrogens (primary N) is 1. The lowest BCUT2D eigenvalue weighted by Gasteiger charge is -2.23. The maximum absolute atomic E-state index is 15.1. The van der Waals surface area contributed by atoms with E-state index in [4.69, 9.17) is 22.7 Å². The lowest BCUT2D eigenvalue weighted by molar-refractivity contribution is 0.182. The zero-order valence-electron chi connectivity index (χ0n) is 24.2. The van der Waals surface area contributed by atoms with E-state index in [1.165, 1.54) is 28.3 Å². The first-order valence-corrected chi connectivity index (χ1v) is 16.2. The van der Waals surface area contributed by atoms with Gasteiger partial charge >= 0.3 is 5.69 Å². The van der Waals surface area contributed by atoms with E-state index in [2.05, 4.69) is 27.4 Å². The number of halogens is 2. The normalized spacial score (nSPS) is 18.0. The Hall–Kier alpha value is -3.18. The van der Waals surface area contributed by atoms with Crippen molar-refractivity contribution in [2.24, 2.45) is 5.73 Å². The Kier molecular flexibility index (Phi) is 10.2. The highest BCUT2D eigenvalue weighted by molar-refractivity contribution is 8.13. The van der Waals surface area contributed by atoms with Gasteiger partial charge in [-0.05, 0) is 86.9 Å². The number of benzene rings is 2. The molecule has 3 atom stereocenters. The number of amidine groups is 1. The van der Waals surface area contributed by atoms with Crippen LogP contribution in [-0.4, -0.2) is 42.7 Å². The number of nitrogens with one attached hydrogen (secondary N) is 3. The highest BCUT2D eigenvalue weighted by atomic mass is 35.5. The van der Waals surface area contributed by atoms with Crippen molar-refractivity contribution >= 4 is 39.6 Å². The van der Waals surface area contributed by atoms with E-state index in [1.807, 2.05) is 12.1 Å². The third-order valence-corrected chi connectivity index (χ3v) is 9.03.